The summed E-state index contributed by atoms with van der Waals surface area (Å²) >= 11 is 0. The maximum Gasteiger partial charge on any atom is 0.250 e. The quantitative estimate of drug-likeness (QED) is 0.601. The number of carbonyl (C=O) groups is 2. The van der Waals surface area contributed by atoms with Crippen LogP contribution in [0.5, 0.6) is 5.75 Å². The van der Waals surface area contributed by atoms with Crippen LogP contribution in [0.15, 0.2) is 18.2 Å². The summed E-state index contributed by atoms with van der Waals surface area (Å²) < 4.78 is 16.9. The van der Waals surface area contributed by atoms with Crippen molar-refractivity contribution in [1.82, 2.24) is 5.32 Å². The fourth-order valence-corrected chi connectivity index (χ4v) is 4.15. The summed E-state index contributed by atoms with van der Waals surface area (Å²) in [5, 5.41) is 15.6. The summed E-state index contributed by atoms with van der Waals surface area (Å²) in [6, 6.07) is 5.50. The predicted octanol–water partition coefficient (Wildman–Crippen LogP) is 1.18. The topological polar surface area (TPSA) is 106 Å². The molecule has 0 spiro atoms. The van der Waals surface area contributed by atoms with Gasteiger partial charge in [0, 0.05) is 30.8 Å². The van der Waals surface area contributed by atoms with Gasteiger partial charge in [-0.2, -0.15) is 0 Å². The number of aliphatic hydroxyl groups is 1. The van der Waals surface area contributed by atoms with E-state index in [9.17, 15) is 14.7 Å². The highest BCUT2D eigenvalue weighted by Gasteiger charge is 2.46. The fraction of sp³-hybridized carbons (Fsp3) is 0.619. The van der Waals surface area contributed by atoms with Crippen molar-refractivity contribution in [2.75, 3.05) is 32.2 Å². The van der Waals surface area contributed by atoms with Crippen LogP contribution in [0.3, 0.4) is 0 Å². The van der Waals surface area contributed by atoms with Gasteiger partial charge in [-0.15, -0.1) is 0 Å². The van der Waals surface area contributed by atoms with E-state index in [0.717, 1.165) is 17.9 Å². The largest absolute Gasteiger partial charge is 0.487 e. The zero-order valence-corrected chi connectivity index (χ0v) is 16.6. The molecule has 1 aliphatic carbocycles. The van der Waals surface area contributed by atoms with E-state index in [2.05, 4.69) is 10.6 Å². The number of hydrogen-bond donors (Lipinski definition) is 3. The van der Waals surface area contributed by atoms with Crippen molar-refractivity contribution in [1.29, 1.82) is 0 Å². The number of hydrogen-bond acceptors (Lipinski definition) is 6. The van der Waals surface area contributed by atoms with Crippen molar-refractivity contribution < 1.29 is 28.9 Å². The molecule has 8 nitrogen and oxygen atoms in total. The summed E-state index contributed by atoms with van der Waals surface area (Å²) in [6.07, 6.45) is 2.20. The lowest BCUT2D eigenvalue weighted by atomic mass is 9.84. The first-order valence-corrected chi connectivity index (χ1v) is 10.2. The smallest absolute Gasteiger partial charge is 0.250 e. The Morgan fingerprint density at radius 2 is 2.10 bits per heavy atom. The Hall–Kier alpha value is -2.16. The number of benzene rings is 1. The number of methoxy groups -OCH3 is 1. The van der Waals surface area contributed by atoms with Crippen molar-refractivity contribution in [2.45, 2.75) is 49.9 Å². The van der Waals surface area contributed by atoms with Gasteiger partial charge in [0.05, 0.1) is 19.1 Å². The lowest BCUT2D eigenvalue weighted by Crippen LogP contribution is -2.47. The van der Waals surface area contributed by atoms with Crippen LogP contribution in [0.1, 0.15) is 37.2 Å². The molecule has 2 fully saturated rings. The molecular weight excluding hydrogens is 376 g/mol. The zero-order chi connectivity index (χ0) is 20.4. The van der Waals surface area contributed by atoms with Crippen LogP contribution in [0.25, 0.3) is 0 Å². The standard InChI is InChI=1S/C21H28N2O6/c1-27-11-20(26)23-13-4-5-17-15(6-13)16-7-14(28-18(10-24)21(16)29-17)8-19(25)22-9-12-2-3-12/h4-6,12,14,16,18,21,24H,2-3,7-11H2,1H3,(H,22,25)(H,23,26)/t14-,16-,18+,21+/m1/s1. The highest BCUT2D eigenvalue weighted by molar-refractivity contribution is 5.91. The maximum atomic E-state index is 12.3. The first-order valence-electron chi connectivity index (χ1n) is 10.2. The van der Waals surface area contributed by atoms with Gasteiger partial charge in [-0.1, -0.05) is 0 Å². The maximum absolute atomic E-state index is 12.3. The molecule has 0 bridgehead atoms. The van der Waals surface area contributed by atoms with Crippen molar-refractivity contribution in [3.05, 3.63) is 23.8 Å². The Bertz CT molecular complexity index is 766. The first kappa shape index (κ1) is 20.1. The molecule has 1 aromatic carbocycles. The minimum Gasteiger partial charge on any atom is -0.487 e. The molecule has 0 radical (unpaired) electrons. The third-order valence-corrected chi connectivity index (χ3v) is 5.76. The SMILES string of the molecule is COCC(=O)Nc1ccc2c(c1)[C@H]1C[C@H](CC(=O)NCC3CC3)O[C@@H](CO)[C@H]1O2. The Morgan fingerprint density at radius 3 is 2.83 bits per heavy atom. The van der Waals surface area contributed by atoms with Crippen LogP contribution in [-0.2, 0) is 19.1 Å². The average Bonchev–Trinajstić information content (AvgIpc) is 3.46. The summed E-state index contributed by atoms with van der Waals surface area (Å²) in [6.45, 7) is 0.544. The fourth-order valence-electron chi connectivity index (χ4n) is 4.15. The van der Waals surface area contributed by atoms with Crippen molar-refractivity contribution in [2.24, 2.45) is 5.92 Å². The summed E-state index contributed by atoms with van der Waals surface area (Å²) in [5.41, 5.74) is 1.64. The molecule has 0 unspecified atom stereocenters. The van der Waals surface area contributed by atoms with E-state index in [1.165, 1.54) is 20.0 Å². The Labute approximate surface area is 169 Å². The van der Waals surface area contributed by atoms with E-state index in [1.54, 1.807) is 6.07 Å². The molecule has 2 aliphatic heterocycles. The Morgan fingerprint density at radius 1 is 1.28 bits per heavy atom. The van der Waals surface area contributed by atoms with Crippen molar-refractivity contribution in [3.8, 4) is 5.75 Å². The van der Waals surface area contributed by atoms with Gasteiger partial charge < -0.3 is 30.0 Å². The van der Waals surface area contributed by atoms with Gasteiger partial charge in [0.25, 0.3) is 0 Å². The molecule has 4 rings (SSSR count). The molecule has 2 heterocycles. The minimum atomic E-state index is -0.492. The summed E-state index contributed by atoms with van der Waals surface area (Å²) in [5.74, 6) is 1.11. The van der Waals surface area contributed by atoms with Crippen molar-refractivity contribution in [3.63, 3.8) is 0 Å². The molecular formula is C21H28N2O6. The third kappa shape index (κ3) is 4.71. The third-order valence-electron chi connectivity index (χ3n) is 5.76. The first-order chi connectivity index (χ1) is 14.1. The predicted molar refractivity (Wildman–Crippen MR) is 105 cm³/mol. The molecule has 4 atom stereocenters. The lowest BCUT2D eigenvalue weighted by molar-refractivity contribution is -0.142. The molecule has 29 heavy (non-hydrogen) atoms. The number of aliphatic hydroxyl groups excluding tert-OH is 1. The van der Waals surface area contributed by atoms with E-state index in [0.29, 0.717) is 18.0 Å². The van der Waals surface area contributed by atoms with E-state index in [-0.39, 0.29) is 49.6 Å². The number of rotatable bonds is 8. The van der Waals surface area contributed by atoms with Gasteiger partial charge in [-0.05, 0) is 43.4 Å². The second-order valence-electron chi connectivity index (χ2n) is 8.09. The van der Waals surface area contributed by atoms with Crippen LogP contribution < -0.4 is 15.4 Å². The molecule has 1 saturated heterocycles. The molecule has 3 aliphatic rings. The number of anilines is 1. The van der Waals surface area contributed by atoms with Gasteiger partial charge in [-0.25, -0.2) is 0 Å². The van der Waals surface area contributed by atoms with E-state index < -0.39 is 6.10 Å². The van der Waals surface area contributed by atoms with E-state index >= 15 is 0 Å². The second kappa shape index (κ2) is 8.69. The molecule has 158 valence electrons. The van der Waals surface area contributed by atoms with E-state index in [1.807, 2.05) is 12.1 Å². The molecule has 8 heteroatoms. The number of carbonyl (C=O) groups excluding carboxylic acids is 2. The molecule has 1 saturated carbocycles. The van der Waals surface area contributed by atoms with Gasteiger partial charge >= 0.3 is 0 Å². The van der Waals surface area contributed by atoms with Crippen LogP contribution in [0.2, 0.25) is 0 Å². The van der Waals surface area contributed by atoms with Crippen LogP contribution >= 0.6 is 0 Å². The Balaban J connectivity index is 1.44. The molecule has 2 amide bonds. The van der Waals surface area contributed by atoms with Gasteiger partial charge in [-0.3, -0.25) is 9.59 Å². The number of amides is 2. The molecule has 3 N–H and O–H groups in total. The molecule has 1 aromatic rings. The molecule has 0 aromatic heterocycles. The average molecular weight is 404 g/mol. The normalized spacial score (nSPS) is 27.5. The highest BCUT2D eigenvalue weighted by atomic mass is 16.6. The monoisotopic (exact) mass is 404 g/mol. The van der Waals surface area contributed by atoms with Gasteiger partial charge in [0.15, 0.2) is 0 Å². The summed E-state index contributed by atoms with van der Waals surface area (Å²) in [4.78, 5) is 24.1. The van der Waals surface area contributed by atoms with Gasteiger partial charge in [0.2, 0.25) is 11.8 Å². The highest BCUT2D eigenvalue weighted by Crippen LogP contribution is 2.47. The van der Waals surface area contributed by atoms with Gasteiger partial charge in [0.1, 0.15) is 24.6 Å². The van der Waals surface area contributed by atoms with E-state index in [4.69, 9.17) is 14.2 Å². The van der Waals surface area contributed by atoms with Crippen LogP contribution in [0.4, 0.5) is 5.69 Å². The number of nitrogens with one attached hydrogen (secondary N) is 2. The Kier molecular flexibility index (Phi) is 6.03. The minimum absolute atomic E-state index is 0.00332. The van der Waals surface area contributed by atoms with Crippen LogP contribution in [-0.4, -0.2) is 62.1 Å². The number of ether oxygens (including phenoxy) is 3. The zero-order valence-electron chi connectivity index (χ0n) is 16.6. The second-order valence-corrected chi connectivity index (χ2v) is 8.09. The van der Waals surface area contributed by atoms with Crippen LogP contribution in [0, 0.1) is 5.92 Å². The number of fused-ring (bicyclic) bond motifs is 3. The lowest BCUT2D eigenvalue weighted by Gasteiger charge is -2.37. The van der Waals surface area contributed by atoms with Crippen molar-refractivity contribution >= 4 is 17.5 Å². The summed E-state index contributed by atoms with van der Waals surface area (Å²) in [7, 11) is 1.47.